The number of pyridine rings is 1. The molecule has 100 valence electrons. The molecule has 2 rings (SSSR count). The van der Waals surface area contributed by atoms with E-state index >= 15 is 0 Å². The Bertz CT molecular complexity index is 619. The summed E-state index contributed by atoms with van der Waals surface area (Å²) in [7, 11) is 0. The number of anilines is 1. The first kappa shape index (κ1) is 14.1. The van der Waals surface area contributed by atoms with Gasteiger partial charge in [-0.15, -0.1) is 11.8 Å². The zero-order chi connectivity index (χ0) is 13.8. The van der Waals surface area contributed by atoms with Gasteiger partial charge in [0.25, 0.3) is 0 Å². The summed E-state index contributed by atoms with van der Waals surface area (Å²) in [4.78, 5) is 16.7. The van der Waals surface area contributed by atoms with Crippen LogP contribution >= 0.6 is 27.7 Å². The van der Waals surface area contributed by atoms with Crippen molar-refractivity contribution in [2.75, 3.05) is 18.1 Å². The van der Waals surface area contributed by atoms with Crippen molar-refractivity contribution in [3.8, 4) is 0 Å². The van der Waals surface area contributed by atoms with Crippen LogP contribution in [0.25, 0.3) is 10.9 Å². The number of halogens is 1. The van der Waals surface area contributed by atoms with Crippen LogP contribution in [-0.2, 0) is 9.53 Å². The number of aromatic nitrogens is 1. The number of nitrogens with two attached hydrogens (primary N) is 1. The monoisotopic (exact) mass is 340 g/mol. The van der Waals surface area contributed by atoms with Crippen molar-refractivity contribution in [1.82, 2.24) is 4.98 Å². The van der Waals surface area contributed by atoms with Crippen molar-refractivity contribution in [3.63, 3.8) is 0 Å². The van der Waals surface area contributed by atoms with Gasteiger partial charge in [0.05, 0.1) is 17.9 Å². The quantitative estimate of drug-likeness (QED) is 0.525. The lowest BCUT2D eigenvalue weighted by molar-refractivity contribution is -0.139. The number of hydrogen-bond donors (Lipinski definition) is 1. The summed E-state index contributed by atoms with van der Waals surface area (Å²) in [5.74, 6) is 0.0412. The number of esters is 1. The van der Waals surface area contributed by atoms with Crippen LogP contribution < -0.4 is 5.73 Å². The average molecular weight is 341 g/mol. The van der Waals surface area contributed by atoms with E-state index in [1.54, 1.807) is 13.1 Å². The van der Waals surface area contributed by atoms with Gasteiger partial charge in [-0.2, -0.15) is 0 Å². The van der Waals surface area contributed by atoms with E-state index in [-0.39, 0.29) is 11.7 Å². The normalized spacial score (nSPS) is 10.6. The van der Waals surface area contributed by atoms with Crippen molar-refractivity contribution < 1.29 is 9.53 Å². The third-order valence-electron chi connectivity index (χ3n) is 2.46. The third-order valence-corrected chi connectivity index (χ3v) is 3.92. The molecular formula is C13H13BrN2O2S. The number of fused-ring (bicyclic) bond motifs is 1. The fourth-order valence-electron chi connectivity index (χ4n) is 1.65. The van der Waals surface area contributed by atoms with E-state index in [0.717, 1.165) is 20.3 Å². The molecule has 0 saturated carbocycles. The van der Waals surface area contributed by atoms with Gasteiger partial charge in [0.1, 0.15) is 0 Å². The minimum Gasteiger partial charge on any atom is -0.465 e. The molecule has 0 bridgehead atoms. The average Bonchev–Trinajstić information content (AvgIpc) is 2.39. The van der Waals surface area contributed by atoms with Crippen molar-refractivity contribution in [2.24, 2.45) is 0 Å². The molecule has 6 heteroatoms. The highest BCUT2D eigenvalue weighted by molar-refractivity contribution is 9.10. The Hall–Kier alpha value is -1.27. The lowest BCUT2D eigenvalue weighted by Gasteiger charge is -2.08. The molecule has 0 aliphatic heterocycles. The molecule has 0 unspecified atom stereocenters. The molecule has 1 aromatic carbocycles. The minimum atomic E-state index is -0.227. The Morgan fingerprint density at radius 2 is 2.32 bits per heavy atom. The molecular weight excluding hydrogens is 328 g/mol. The predicted molar refractivity (Wildman–Crippen MR) is 81.2 cm³/mol. The summed E-state index contributed by atoms with van der Waals surface area (Å²) in [5, 5.41) is 0.878. The summed E-state index contributed by atoms with van der Waals surface area (Å²) in [6.07, 6.45) is 1.72. The van der Waals surface area contributed by atoms with Crippen LogP contribution in [0.5, 0.6) is 0 Å². The molecule has 1 heterocycles. The lowest BCUT2D eigenvalue weighted by atomic mass is 10.2. The number of carbonyl (C=O) groups excluding carboxylic acids is 1. The van der Waals surface area contributed by atoms with E-state index in [1.165, 1.54) is 11.8 Å². The zero-order valence-corrected chi connectivity index (χ0v) is 12.8. The molecule has 0 aliphatic carbocycles. The maximum atomic E-state index is 11.4. The molecule has 0 atom stereocenters. The number of ether oxygens (including phenoxy) is 1. The first-order valence-corrected chi connectivity index (χ1v) is 7.52. The fraction of sp³-hybridized carbons (Fsp3) is 0.231. The molecule has 2 aromatic rings. The third kappa shape index (κ3) is 3.39. The van der Waals surface area contributed by atoms with Crippen LogP contribution in [0.3, 0.4) is 0 Å². The Morgan fingerprint density at radius 3 is 3.05 bits per heavy atom. The summed E-state index contributed by atoms with van der Waals surface area (Å²) >= 11 is 4.78. The number of rotatable bonds is 4. The van der Waals surface area contributed by atoms with Crippen LogP contribution in [0.4, 0.5) is 5.69 Å². The Morgan fingerprint density at radius 1 is 1.53 bits per heavy atom. The van der Waals surface area contributed by atoms with E-state index in [1.807, 2.05) is 18.2 Å². The summed E-state index contributed by atoms with van der Waals surface area (Å²) < 4.78 is 5.78. The summed E-state index contributed by atoms with van der Waals surface area (Å²) in [5.41, 5.74) is 7.41. The fourth-order valence-corrected chi connectivity index (χ4v) is 2.80. The van der Waals surface area contributed by atoms with Gasteiger partial charge in [-0.1, -0.05) is 0 Å². The minimum absolute atomic E-state index is 0.227. The van der Waals surface area contributed by atoms with Gasteiger partial charge in [0.2, 0.25) is 0 Å². The topological polar surface area (TPSA) is 65.2 Å². The number of carbonyl (C=O) groups is 1. The van der Waals surface area contributed by atoms with Crippen molar-refractivity contribution >= 4 is 50.3 Å². The molecule has 2 N–H and O–H groups in total. The second-order valence-corrected chi connectivity index (χ2v) is 5.73. The number of benzene rings is 1. The second-order valence-electron chi connectivity index (χ2n) is 3.80. The molecule has 0 amide bonds. The first-order chi connectivity index (χ1) is 9.11. The van der Waals surface area contributed by atoms with Crippen molar-refractivity contribution in [3.05, 3.63) is 28.9 Å². The van der Waals surface area contributed by atoms with Crippen molar-refractivity contribution in [1.29, 1.82) is 0 Å². The summed E-state index contributed by atoms with van der Waals surface area (Å²) in [6.45, 7) is 2.19. The molecule has 0 aliphatic rings. The van der Waals surface area contributed by atoms with E-state index in [4.69, 9.17) is 10.5 Å². The number of nitrogen functional groups attached to an aromatic ring is 1. The lowest BCUT2D eigenvalue weighted by Crippen LogP contribution is -2.06. The van der Waals surface area contributed by atoms with E-state index in [0.29, 0.717) is 12.3 Å². The van der Waals surface area contributed by atoms with Crippen LogP contribution in [-0.4, -0.2) is 23.3 Å². The number of nitrogens with zero attached hydrogens (tertiary/aromatic N) is 1. The highest BCUT2D eigenvalue weighted by Gasteiger charge is 2.09. The van der Waals surface area contributed by atoms with Gasteiger partial charge in [-0.3, -0.25) is 9.78 Å². The van der Waals surface area contributed by atoms with Gasteiger partial charge in [-0.25, -0.2) is 0 Å². The standard InChI is InChI=1S/C13H13BrN2O2S/c1-2-18-12(17)7-19-11-4-3-10(15)9-5-8(14)6-16-13(9)11/h3-6H,2,7,15H2,1H3. The zero-order valence-electron chi connectivity index (χ0n) is 10.4. The van der Waals surface area contributed by atoms with Gasteiger partial charge >= 0.3 is 5.97 Å². The Labute approximate surface area is 123 Å². The van der Waals surface area contributed by atoms with Crippen LogP contribution in [0.1, 0.15) is 6.92 Å². The van der Waals surface area contributed by atoms with E-state index in [9.17, 15) is 4.79 Å². The number of hydrogen-bond acceptors (Lipinski definition) is 5. The highest BCUT2D eigenvalue weighted by atomic mass is 79.9. The first-order valence-electron chi connectivity index (χ1n) is 5.74. The summed E-state index contributed by atoms with van der Waals surface area (Å²) in [6, 6.07) is 5.62. The molecule has 0 saturated heterocycles. The Kier molecular flexibility index (Phi) is 4.66. The van der Waals surface area contributed by atoms with Gasteiger partial charge in [0.15, 0.2) is 0 Å². The molecule has 0 radical (unpaired) electrons. The largest absolute Gasteiger partial charge is 0.465 e. The SMILES string of the molecule is CCOC(=O)CSc1ccc(N)c2cc(Br)cnc12. The predicted octanol–water partition coefficient (Wildman–Crippen LogP) is 3.23. The maximum Gasteiger partial charge on any atom is 0.316 e. The maximum absolute atomic E-state index is 11.4. The van der Waals surface area contributed by atoms with Gasteiger partial charge in [0, 0.05) is 26.6 Å². The molecule has 1 aromatic heterocycles. The van der Waals surface area contributed by atoms with E-state index < -0.39 is 0 Å². The van der Waals surface area contributed by atoms with E-state index in [2.05, 4.69) is 20.9 Å². The smallest absolute Gasteiger partial charge is 0.316 e. The molecule has 0 fully saturated rings. The van der Waals surface area contributed by atoms with Gasteiger partial charge < -0.3 is 10.5 Å². The molecule has 19 heavy (non-hydrogen) atoms. The molecule has 4 nitrogen and oxygen atoms in total. The highest BCUT2D eigenvalue weighted by Crippen LogP contribution is 2.31. The van der Waals surface area contributed by atoms with Crippen LogP contribution in [0.15, 0.2) is 33.8 Å². The van der Waals surface area contributed by atoms with Crippen molar-refractivity contribution in [2.45, 2.75) is 11.8 Å². The van der Waals surface area contributed by atoms with Gasteiger partial charge in [-0.05, 0) is 41.1 Å². The second kappa shape index (κ2) is 6.25. The van der Waals surface area contributed by atoms with Crippen LogP contribution in [0, 0.1) is 0 Å². The Balaban J connectivity index is 2.29. The van der Waals surface area contributed by atoms with Crippen LogP contribution in [0.2, 0.25) is 0 Å². The number of thioether (sulfide) groups is 1. The molecule has 0 spiro atoms.